The predicted octanol–water partition coefficient (Wildman–Crippen LogP) is 13.8. The van der Waals surface area contributed by atoms with Crippen molar-refractivity contribution >= 4 is 45.5 Å². The van der Waals surface area contributed by atoms with Gasteiger partial charge in [0, 0.05) is 22.7 Å². The zero-order valence-corrected chi connectivity index (χ0v) is 31.7. The van der Waals surface area contributed by atoms with Crippen LogP contribution in [0.5, 0.6) is 0 Å². The molecule has 270 valence electrons. The minimum absolute atomic E-state index is 0.759. The van der Waals surface area contributed by atoms with E-state index in [1.165, 1.54) is 90.0 Å². The number of para-hydroxylation sites is 6. The summed E-state index contributed by atoms with van der Waals surface area (Å²) in [5.74, 6) is 0. The molecular formula is C52H42N4. The summed E-state index contributed by atoms with van der Waals surface area (Å²) in [6.45, 7) is 5.91. The van der Waals surface area contributed by atoms with Crippen LogP contribution in [0, 0.1) is 13.8 Å². The highest BCUT2D eigenvalue weighted by atomic mass is 15.4. The second-order valence-electron chi connectivity index (χ2n) is 14.8. The van der Waals surface area contributed by atoms with Crippen LogP contribution in [0.3, 0.4) is 0 Å². The number of benzene rings is 8. The maximum absolute atomic E-state index is 2.41. The average Bonchev–Trinajstić information content (AvgIpc) is 3.84. The lowest BCUT2D eigenvalue weighted by Gasteiger charge is -2.23. The van der Waals surface area contributed by atoms with Gasteiger partial charge in [-0.3, -0.25) is 0 Å². The second-order valence-corrected chi connectivity index (χ2v) is 14.8. The summed E-state index contributed by atoms with van der Waals surface area (Å²) in [5, 5.41) is 0. The van der Waals surface area contributed by atoms with Crippen LogP contribution in [-0.4, -0.2) is 13.3 Å². The van der Waals surface area contributed by atoms with E-state index in [1.54, 1.807) is 0 Å². The Labute approximate surface area is 329 Å². The molecule has 0 saturated carbocycles. The Morgan fingerprint density at radius 1 is 0.304 bits per heavy atom. The van der Waals surface area contributed by atoms with Crippen molar-refractivity contribution in [1.82, 2.24) is 0 Å². The molecule has 0 amide bonds. The van der Waals surface area contributed by atoms with Crippen molar-refractivity contribution in [3.05, 3.63) is 205 Å². The molecule has 0 spiro atoms. The lowest BCUT2D eigenvalue weighted by molar-refractivity contribution is 0.991. The predicted molar refractivity (Wildman–Crippen MR) is 236 cm³/mol. The largest absolute Gasteiger partial charge is 0.321 e. The summed E-state index contributed by atoms with van der Waals surface area (Å²) in [5.41, 5.74) is 19.5. The van der Waals surface area contributed by atoms with Gasteiger partial charge in [0.25, 0.3) is 0 Å². The van der Waals surface area contributed by atoms with Crippen molar-refractivity contribution in [3.63, 3.8) is 0 Å². The van der Waals surface area contributed by atoms with Crippen LogP contribution >= 0.6 is 0 Å². The Morgan fingerprint density at radius 2 is 0.643 bits per heavy atom. The molecule has 0 aliphatic carbocycles. The van der Waals surface area contributed by atoms with Gasteiger partial charge in [-0.05, 0) is 120 Å². The van der Waals surface area contributed by atoms with Crippen molar-refractivity contribution in [2.24, 2.45) is 0 Å². The number of hydrogen-bond donors (Lipinski definition) is 0. The standard InChI is InChI=1S/C52H42N4/c1-37-32-38(2)34-41(33-37)52-46(39-24-28-44(29-25-39)55-35-53(42-14-5-3-6-15-42)48-20-9-11-22-50(48)55)18-13-19-47(52)40-26-30-45(31-27-40)56-36-54(43-16-7-4-8-17-43)49-21-10-12-23-51(49)56/h3-34H,35-36H2,1-2H3. The third-order valence-electron chi connectivity index (χ3n) is 11.2. The fraction of sp³-hybridized carbons (Fsp3) is 0.0769. The molecule has 56 heavy (non-hydrogen) atoms. The molecule has 0 aromatic heterocycles. The smallest absolute Gasteiger partial charge is 0.100 e. The molecule has 8 aromatic carbocycles. The van der Waals surface area contributed by atoms with Crippen LogP contribution in [0.4, 0.5) is 45.5 Å². The van der Waals surface area contributed by atoms with Gasteiger partial charge in [-0.2, -0.15) is 0 Å². The van der Waals surface area contributed by atoms with E-state index in [9.17, 15) is 0 Å². The van der Waals surface area contributed by atoms with E-state index < -0.39 is 0 Å². The molecule has 2 aliphatic heterocycles. The summed E-state index contributed by atoms with van der Waals surface area (Å²) in [7, 11) is 0. The summed E-state index contributed by atoms with van der Waals surface area (Å²) in [6.07, 6.45) is 0. The van der Waals surface area contributed by atoms with Gasteiger partial charge in [-0.15, -0.1) is 0 Å². The molecule has 4 nitrogen and oxygen atoms in total. The number of fused-ring (bicyclic) bond motifs is 2. The van der Waals surface area contributed by atoms with Gasteiger partial charge in [0.15, 0.2) is 0 Å². The summed E-state index contributed by atoms with van der Waals surface area (Å²) in [4.78, 5) is 9.59. The third kappa shape index (κ3) is 5.96. The third-order valence-corrected chi connectivity index (χ3v) is 11.2. The van der Waals surface area contributed by atoms with E-state index in [2.05, 4.69) is 228 Å². The van der Waals surface area contributed by atoms with Crippen molar-refractivity contribution < 1.29 is 0 Å². The Kier molecular flexibility index (Phi) is 8.37. The van der Waals surface area contributed by atoms with Gasteiger partial charge in [0.2, 0.25) is 0 Å². The zero-order chi connectivity index (χ0) is 37.6. The SMILES string of the molecule is Cc1cc(C)cc(-c2c(-c3ccc(N4CN(c5ccccc5)c5ccccc54)cc3)cccc2-c2ccc(N3CN(c4ccccc4)c4ccccc43)cc2)c1. The first-order chi connectivity index (χ1) is 27.6. The molecule has 2 aliphatic rings. The fourth-order valence-corrected chi connectivity index (χ4v) is 8.63. The van der Waals surface area contributed by atoms with Crippen molar-refractivity contribution in [3.8, 4) is 33.4 Å². The number of hydrogen-bond acceptors (Lipinski definition) is 4. The van der Waals surface area contributed by atoms with Gasteiger partial charge in [0.1, 0.15) is 13.3 Å². The first-order valence-electron chi connectivity index (χ1n) is 19.4. The Hall–Kier alpha value is -7.04. The van der Waals surface area contributed by atoms with Crippen LogP contribution in [0.1, 0.15) is 11.1 Å². The number of aryl methyl sites for hydroxylation is 2. The molecule has 2 heterocycles. The van der Waals surface area contributed by atoms with Crippen molar-refractivity contribution in [2.75, 3.05) is 32.9 Å². The minimum Gasteiger partial charge on any atom is -0.321 e. The van der Waals surface area contributed by atoms with Gasteiger partial charge in [0.05, 0.1) is 22.7 Å². The van der Waals surface area contributed by atoms with E-state index in [0.29, 0.717) is 0 Å². The lowest BCUT2D eigenvalue weighted by Crippen LogP contribution is -2.23. The highest BCUT2D eigenvalue weighted by Gasteiger charge is 2.29. The van der Waals surface area contributed by atoms with Gasteiger partial charge in [-0.25, -0.2) is 0 Å². The molecule has 0 radical (unpaired) electrons. The van der Waals surface area contributed by atoms with Gasteiger partial charge >= 0.3 is 0 Å². The van der Waals surface area contributed by atoms with Crippen LogP contribution in [-0.2, 0) is 0 Å². The molecule has 10 rings (SSSR count). The summed E-state index contributed by atoms with van der Waals surface area (Å²) < 4.78 is 0. The van der Waals surface area contributed by atoms with Gasteiger partial charge < -0.3 is 19.6 Å². The fourth-order valence-electron chi connectivity index (χ4n) is 8.63. The molecule has 8 aromatic rings. The first-order valence-corrected chi connectivity index (χ1v) is 19.4. The molecule has 0 bridgehead atoms. The number of anilines is 8. The van der Waals surface area contributed by atoms with E-state index >= 15 is 0 Å². The first kappa shape index (κ1) is 33.5. The Balaban J connectivity index is 1.01. The van der Waals surface area contributed by atoms with E-state index in [0.717, 1.165) is 13.3 Å². The maximum Gasteiger partial charge on any atom is 0.100 e. The highest BCUT2D eigenvalue weighted by molar-refractivity contribution is 5.96. The summed E-state index contributed by atoms with van der Waals surface area (Å²) in [6, 6.07) is 70.7. The normalized spacial score (nSPS) is 13.2. The van der Waals surface area contributed by atoms with Crippen molar-refractivity contribution in [2.45, 2.75) is 13.8 Å². The van der Waals surface area contributed by atoms with Crippen LogP contribution in [0.25, 0.3) is 33.4 Å². The zero-order valence-electron chi connectivity index (χ0n) is 31.7. The maximum atomic E-state index is 2.41. The van der Waals surface area contributed by atoms with Crippen LogP contribution in [0.15, 0.2) is 194 Å². The van der Waals surface area contributed by atoms with Gasteiger partial charge in [-0.1, -0.05) is 132 Å². The molecular weight excluding hydrogens is 681 g/mol. The van der Waals surface area contributed by atoms with E-state index in [1.807, 2.05) is 0 Å². The van der Waals surface area contributed by atoms with Crippen LogP contribution in [0.2, 0.25) is 0 Å². The Bertz CT molecular complexity index is 2490. The monoisotopic (exact) mass is 722 g/mol. The Morgan fingerprint density at radius 3 is 1.02 bits per heavy atom. The summed E-state index contributed by atoms with van der Waals surface area (Å²) >= 11 is 0. The highest BCUT2D eigenvalue weighted by Crippen LogP contribution is 2.47. The molecule has 0 saturated heterocycles. The second kappa shape index (κ2) is 14.0. The van der Waals surface area contributed by atoms with Crippen molar-refractivity contribution in [1.29, 1.82) is 0 Å². The minimum atomic E-state index is 0.759. The topological polar surface area (TPSA) is 13.0 Å². The lowest BCUT2D eigenvalue weighted by atomic mass is 9.86. The number of rotatable bonds is 7. The van der Waals surface area contributed by atoms with E-state index in [-0.39, 0.29) is 0 Å². The van der Waals surface area contributed by atoms with Crippen LogP contribution < -0.4 is 19.6 Å². The molecule has 4 heteroatoms. The number of nitrogens with zero attached hydrogens (tertiary/aromatic N) is 4. The average molecular weight is 723 g/mol. The van der Waals surface area contributed by atoms with E-state index in [4.69, 9.17) is 0 Å². The molecule has 0 atom stereocenters. The molecule has 0 unspecified atom stereocenters. The molecule has 0 fully saturated rings. The molecule has 0 N–H and O–H groups in total. The quantitative estimate of drug-likeness (QED) is 0.162.